The average molecular weight is 418 g/mol. The number of imidazole rings is 1. The normalized spacial score (nSPS) is 9.86. The van der Waals surface area contributed by atoms with Crippen LogP contribution in [0.1, 0.15) is 11.1 Å². The van der Waals surface area contributed by atoms with Gasteiger partial charge in [0.1, 0.15) is 5.52 Å². The number of aromatic amines is 5. The highest BCUT2D eigenvalue weighted by molar-refractivity contribution is 7.71. The number of fused-ring (bicyclic) bond motifs is 1. The molecule has 0 aliphatic rings. The SMILES string of the molecule is Cc1c[nH]c(=O)[nH]c1=O.Cc1c[nH]c(=S)[nH]c1=O.Nc1nc(N)c2[nH]cnc2n1. The summed E-state index contributed by atoms with van der Waals surface area (Å²) in [7, 11) is 0. The molecule has 152 valence electrons. The standard InChI is InChI=1S/C5H6N6.C5H6N2O2.C5H6N2OS/c6-3-2-4(9-1-8-2)11-5(7)10-3;2*1-3-2-6-5(9)7-4(3)8/h1H,(H5,6,7,8,9,10,11);2*2H,1H3,(H2,6,7,8,9). The van der Waals surface area contributed by atoms with Crippen LogP contribution < -0.4 is 28.3 Å². The molecule has 0 aliphatic carbocycles. The van der Waals surface area contributed by atoms with Crippen molar-refractivity contribution in [3.63, 3.8) is 0 Å². The molecule has 0 bridgehead atoms. The number of nitrogens with one attached hydrogen (secondary N) is 5. The van der Waals surface area contributed by atoms with Crippen LogP contribution in [-0.4, -0.2) is 39.9 Å². The summed E-state index contributed by atoms with van der Waals surface area (Å²) in [5.41, 5.74) is 12.2. The Kier molecular flexibility index (Phi) is 6.75. The number of aromatic nitrogens is 8. The van der Waals surface area contributed by atoms with Gasteiger partial charge in [-0.05, 0) is 26.1 Å². The molecule has 4 aromatic rings. The summed E-state index contributed by atoms with van der Waals surface area (Å²) in [6.07, 6.45) is 4.46. The molecule has 0 aromatic carbocycles. The van der Waals surface area contributed by atoms with E-state index < -0.39 is 5.69 Å². The van der Waals surface area contributed by atoms with Gasteiger partial charge in [0, 0.05) is 23.5 Å². The molecule has 4 heterocycles. The topological polar surface area (TPSA) is 221 Å². The predicted octanol–water partition coefficient (Wildman–Crippen LogP) is -0.370. The molecule has 4 rings (SSSR count). The van der Waals surface area contributed by atoms with Gasteiger partial charge in [-0.25, -0.2) is 9.78 Å². The predicted molar refractivity (Wildman–Crippen MR) is 110 cm³/mol. The lowest BCUT2D eigenvalue weighted by molar-refractivity contribution is 1.01. The van der Waals surface area contributed by atoms with Gasteiger partial charge in [-0.15, -0.1) is 0 Å². The van der Waals surface area contributed by atoms with Gasteiger partial charge in [0.05, 0.1) is 6.33 Å². The van der Waals surface area contributed by atoms with Crippen molar-refractivity contribution in [1.29, 1.82) is 0 Å². The van der Waals surface area contributed by atoms with Gasteiger partial charge in [0.2, 0.25) is 5.95 Å². The minimum atomic E-state index is -0.467. The number of nitrogen functional groups attached to an aromatic ring is 2. The highest BCUT2D eigenvalue weighted by atomic mass is 32.1. The Morgan fingerprint density at radius 2 is 1.52 bits per heavy atom. The lowest BCUT2D eigenvalue weighted by atomic mass is 10.4. The van der Waals surface area contributed by atoms with Crippen LogP contribution in [0.15, 0.2) is 33.1 Å². The lowest BCUT2D eigenvalue weighted by Gasteiger charge is -1.94. The Hall–Kier alpha value is -4.07. The van der Waals surface area contributed by atoms with Crippen LogP contribution in [-0.2, 0) is 0 Å². The number of hydrogen-bond donors (Lipinski definition) is 7. The molecule has 0 aliphatic heterocycles. The summed E-state index contributed by atoms with van der Waals surface area (Å²) >= 11 is 4.65. The Labute approximate surface area is 166 Å². The summed E-state index contributed by atoms with van der Waals surface area (Å²) in [6.45, 7) is 3.33. The molecule has 9 N–H and O–H groups in total. The third-order valence-corrected chi connectivity index (χ3v) is 3.56. The molecule has 0 amide bonds. The molecule has 14 heteroatoms. The average Bonchev–Trinajstić information content (AvgIpc) is 3.12. The number of hydrogen-bond acceptors (Lipinski definition) is 9. The fraction of sp³-hybridized carbons (Fsp3) is 0.133. The van der Waals surface area contributed by atoms with Gasteiger partial charge >= 0.3 is 5.69 Å². The molecule has 13 nitrogen and oxygen atoms in total. The number of rotatable bonds is 0. The fourth-order valence-electron chi connectivity index (χ4n) is 1.83. The summed E-state index contributed by atoms with van der Waals surface area (Å²) in [4.78, 5) is 55.4. The Morgan fingerprint density at radius 3 is 2.07 bits per heavy atom. The second kappa shape index (κ2) is 9.23. The first-order valence-corrected chi connectivity index (χ1v) is 8.37. The Morgan fingerprint density at radius 1 is 0.897 bits per heavy atom. The van der Waals surface area contributed by atoms with Crippen molar-refractivity contribution >= 4 is 35.1 Å². The summed E-state index contributed by atoms with van der Waals surface area (Å²) < 4.78 is 0.366. The van der Waals surface area contributed by atoms with Crippen LogP contribution in [0.4, 0.5) is 11.8 Å². The number of nitrogens with zero attached hydrogens (tertiary/aromatic N) is 3. The molecule has 0 unspecified atom stereocenters. The third-order valence-electron chi connectivity index (χ3n) is 3.34. The molecule has 0 saturated heterocycles. The smallest absolute Gasteiger partial charge is 0.325 e. The number of anilines is 2. The van der Waals surface area contributed by atoms with E-state index in [0.29, 0.717) is 32.9 Å². The van der Waals surface area contributed by atoms with Crippen molar-refractivity contribution < 1.29 is 0 Å². The third kappa shape index (κ3) is 5.96. The molecule has 29 heavy (non-hydrogen) atoms. The van der Waals surface area contributed by atoms with Crippen LogP contribution in [0, 0.1) is 18.6 Å². The van der Waals surface area contributed by atoms with E-state index in [2.05, 4.69) is 52.1 Å². The van der Waals surface area contributed by atoms with Crippen LogP contribution in [0.2, 0.25) is 0 Å². The zero-order chi connectivity index (χ0) is 21.6. The molecular weight excluding hydrogens is 400 g/mol. The first-order valence-electron chi connectivity index (χ1n) is 7.96. The Balaban J connectivity index is 0.000000157. The molecule has 0 atom stereocenters. The second-order valence-electron chi connectivity index (χ2n) is 5.58. The maximum absolute atomic E-state index is 10.7. The number of nitrogens with two attached hydrogens (primary N) is 2. The minimum absolute atomic E-state index is 0.126. The molecule has 0 fully saturated rings. The van der Waals surface area contributed by atoms with Gasteiger partial charge in [0.15, 0.2) is 16.2 Å². The van der Waals surface area contributed by atoms with Crippen molar-refractivity contribution in [2.45, 2.75) is 13.8 Å². The van der Waals surface area contributed by atoms with Crippen molar-refractivity contribution in [2.75, 3.05) is 11.5 Å². The van der Waals surface area contributed by atoms with Crippen molar-refractivity contribution in [3.8, 4) is 0 Å². The monoisotopic (exact) mass is 418 g/mol. The van der Waals surface area contributed by atoms with Crippen LogP contribution in [0.5, 0.6) is 0 Å². The van der Waals surface area contributed by atoms with Crippen LogP contribution in [0.3, 0.4) is 0 Å². The second-order valence-corrected chi connectivity index (χ2v) is 5.99. The van der Waals surface area contributed by atoms with E-state index in [0.717, 1.165) is 0 Å². The highest BCUT2D eigenvalue weighted by Gasteiger charge is 2.03. The van der Waals surface area contributed by atoms with Gasteiger partial charge in [-0.2, -0.15) is 9.97 Å². The zero-order valence-electron chi connectivity index (χ0n) is 15.4. The van der Waals surface area contributed by atoms with E-state index in [4.69, 9.17) is 11.5 Å². The maximum Gasteiger partial charge on any atom is 0.325 e. The van der Waals surface area contributed by atoms with E-state index in [-0.39, 0.29) is 17.1 Å². The van der Waals surface area contributed by atoms with E-state index >= 15 is 0 Å². The zero-order valence-corrected chi connectivity index (χ0v) is 16.2. The molecule has 4 aromatic heterocycles. The van der Waals surface area contributed by atoms with Gasteiger partial charge < -0.3 is 26.4 Å². The quantitative estimate of drug-likeness (QED) is 0.185. The first kappa shape index (κ1) is 21.2. The van der Waals surface area contributed by atoms with Gasteiger partial charge in [-0.1, -0.05) is 0 Å². The Bertz CT molecular complexity index is 1280. The number of H-pyrrole nitrogens is 5. The maximum atomic E-state index is 10.7. The van der Waals surface area contributed by atoms with E-state index in [1.807, 2.05) is 0 Å². The van der Waals surface area contributed by atoms with Crippen molar-refractivity contribution in [2.24, 2.45) is 0 Å². The van der Waals surface area contributed by atoms with E-state index in [1.54, 1.807) is 20.0 Å². The van der Waals surface area contributed by atoms with Crippen molar-refractivity contribution in [3.05, 3.63) is 65.8 Å². The summed E-state index contributed by atoms with van der Waals surface area (Å²) in [5, 5.41) is 0. The number of aryl methyl sites for hydroxylation is 2. The first-order chi connectivity index (χ1) is 13.7. The van der Waals surface area contributed by atoms with Crippen LogP contribution >= 0.6 is 12.2 Å². The van der Waals surface area contributed by atoms with Crippen LogP contribution in [0.25, 0.3) is 11.2 Å². The molecule has 0 radical (unpaired) electrons. The molecule has 0 saturated carbocycles. The summed E-state index contributed by atoms with van der Waals surface area (Å²) in [6, 6.07) is 0. The van der Waals surface area contributed by atoms with Crippen molar-refractivity contribution in [1.82, 2.24) is 39.9 Å². The summed E-state index contributed by atoms with van der Waals surface area (Å²) in [5.74, 6) is 0.465. The lowest BCUT2D eigenvalue weighted by Crippen LogP contribution is -2.22. The molecule has 0 spiro atoms. The van der Waals surface area contributed by atoms with E-state index in [9.17, 15) is 14.4 Å². The fourth-order valence-corrected chi connectivity index (χ4v) is 1.98. The van der Waals surface area contributed by atoms with Gasteiger partial charge in [-0.3, -0.25) is 19.6 Å². The highest BCUT2D eigenvalue weighted by Crippen LogP contribution is 2.12. The minimum Gasteiger partial charge on any atom is -0.382 e. The van der Waals surface area contributed by atoms with E-state index in [1.165, 1.54) is 12.5 Å². The largest absolute Gasteiger partial charge is 0.382 e. The van der Waals surface area contributed by atoms with Gasteiger partial charge in [0.25, 0.3) is 11.1 Å². The molecular formula is C15H18N10O3S.